The van der Waals surface area contributed by atoms with Gasteiger partial charge in [0, 0.05) is 18.7 Å². The Morgan fingerprint density at radius 2 is 1.57 bits per heavy atom. The molecule has 6 heteroatoms. The van der Waals surface area contributed by atoms with Crippen molar-refractivity contribution < 1.29 is 18.0 Å². The molecule has 0 bridgehead atoms. The zero-order valence-electron chi connectivity index (χ0n) is 11.5. The smallest absolute Gasteiger partial charge is 0.254 e. The van der Waals surface area contributed by atoms with Crippen LogP contribution in [-0.4, -0.2) is 37.0 Å². The maximum Gasteiger partial charge on any atom is 0.254 e. The van der Waals surface area contributed by atoms with Crippen LogP contribution in [0.2, 0.25) is 0 Å². The first-order valence-electron chi connectivity index (χ1n) is 7.21. The van der Waals surface area contributed by atoms with Crippen molar-refractivity contribution in [2.45, 2.75) is 12.8 Å². The highest BCUT2D eigenvalue weighted by atomic mass is 19.2. The van der Waals surface area contributed by atoms with Gasteiger partial charge in [-0.3, -0.25) is 4.79 Å². The Bertz CT molecular complexity index is 527. The van der Waals surface area contributed by atoms with E-state index in [-0.39, 0.29) is 5.56 Å². The zero-order valence-corrected chi connectivity index (χ0v) is 11.5. The van der Waals surface area contributed by atoms with Crippen molar-refractivity contribution in [2.75, 3.05) is 26.2 Å². The summed E-state index contributed by atoms with van der Waals surface area (Å²) in [5.41, 5.74) is -0.128. The van der Waals surface area contributed by atoms with Crippen LogP contribution in [-0.2, 0) is 0 Å². The number of fused-ring (bicyclic) bond motifs is 1. The molecule has 3 rings (SSSR count). The second kappa shape index (κ2) is 5.67. The van der Waals surface area contributed by atoms with Gasteiger partial charge in [-0.25, -0.2) is 13.2 Å². The lowest BCUT2D eigenvalue weighted by molar-refractivity contribution is 0.0757. The largest absolute Gasteiger partial charge is 0.339 e. The topological polar surface area (TPSA) is 32.3 Å². The van der Waals surface area contributed by atoms with Gasteiger partial charge in [-0.1, -0.05) is 0 Å². The minimum absolute atomic E-state index is 0.128. The second-order valence-corrected chi connectivity index (χ2v) is 5.80. The summed E-state index contributed by atoms with van der Waals surface area (Å²) < 4.78 is 39.4. The van der Waals surface area contributed by atoms with E-state index in [0.29, 0.717) is 24.9 Å². The van der Waals surface area contributed by atoms with Crippen molar-refractivity contribution in [1.82, 2.24) is 10.2 Å². The molecule has 2 atom stereocenters. The fraction of sp³-hybridized carbons (Fsp3) is 0.533. The van der Waals surface area contributed by atoms with Crippen molar-refractivity contribution in [1.29, 1.82) is 0 Å². The molecule has 2 saturated heterocycles. The molecule has 1 aromatic carbocycles. The Morgan fingerprint density at radius 1 is 1.05 bits per heavy atom. The Kier molecular flexibility index (Phi) is 3.89. The molecular weight excluding hydrogens is 281 g/mol. The van der Waals surface area contributed by atoms with Crippen molar-refractivity contribution >= 4 is 5.91 Å². The third-order valence-corrected chi connectivity index (χ3v) is 4.54. The standard InChI is InChI=1S/C15H17F3N2O/c16-12-5-11(6-13(17)14(12)18)15(21)20-3-1-9-7-19-8-10(9)2-4-20/h5-6,9-10,19H,1-4,7-8H2/t9-,10+. The molecule has 0 spiro atoms. The van der Waals surface area contributed by atoms with Crippen LogP contribution >= 0.6 is 0 Å². The molecule has 0 aromatic heterocycles. The highest BCUT2D eigenvalue weighted by Gasteiger charge is 2.32. The molecule has 3 nitrogen and oxygen atoms in total. The maximum atomic E-state index is 13.2. The van der Waals surface area contributed by atoms with Crippen LogP contribution in [0.3, 0.4) is 0 Å². The quantitative estimate of drug-likeness (QED) is 0.806. The maximum absolute atomic E-state index is 13.2. The van der Waals surface area contributed by atoms with E-state index in [1.54, 1.807) is 4.90 Å². The zero-order chi connectivity index (χ0) is 15.0. The van der Waals surface area contributed by atoms with Gasteiger partial charge in [0.2, 0.25) is 0 Å². The molecule has 2 aliphatic rings. The number of carbonyl (C=O) groups excluding carboxylic acids is 1. The van der Waals surface area contributed by atoms with Gasteiger partial charge in [0.05, 0.1) is 0 Å². The van der Waals surface area contributed by atoms with Gasteiger partial charge >= 0.3 is 0 Å². The summed E-state index contributed by atoms with van der Waals surface area (Å²) in [4.78, 5) is 14.0. The highest BCUT2D eigenvalue weighted by molar-refractivity contribution is 5.94. The van der Waals surface area contributed by atoms with Crippen molar-refractivity contribution in [3.8, 4) is 0 Å². The van der Waals surface area contributed by atoms with E-state index in [2.05, 4.69) is 5.32 Å². The third kappa shape index (κ3) is 2.77. The minimum Gasteiger partial charge on any atom is -0.339 e. The Hall–Kier alpha value is -1.56. The molecule has 0 saturated carbocycles. The Balaban J connectivity index is 1.76. The van der Waals surface area contributed by atoms with Gasteiger partial charge in [-0.05, 0) is 49.9 Å². The lowest BCUT2D eigenvalue weighted by Crippen LogP contribution is -2.33. The average Bonchev–Trinajstić information content (AvgIpc) is 2.82. The van der Waals surface area contributed by atoms with Crippen LogP contribution in [0.4, 0.5) is 13.2 Å². The van der Waals surface area contributed by atoms with Gasteiger partial charge in [0.15, 0.2) is 17.5 Å². The van der Waals surface area contributed by atoms with Crippen LogP contribution in [0.1, 0.15) is 23.2 Å². The fourth-order valence-electron chi connectivity index (χ4n) is 3.28. The first-order chi connectivity index (χ1) is 10.1. The summed E-state index contributed by atoms with van der Waals surface area (Å²) in [5.74, 6) is -3.50. The molecule has 2 aliphatic heterocycles. The summed E-state index contributed by atoms with van der Waals surface area (Å²) in [6, 6.07) is 1.54. The molecule has 0 unspecified atom stereocenters. The van der Waals surface area contributed by atoms with Gasteiger partial charge in [-0.15, -0.1) is 0 Å². The number of nitrogens with one attached hydrogen (secondary N) is 1. The summed E-state index contributed by atoms with van der Waals surface area (Å²) in [6.07, 6.45) is 1.77. The van der Waals surface area contributed by atoms with Crippen molar-refractivity contribution in [3.63, 3.8) is 0 Å². The summed E-state index contributed by atoms with van der Waals surface area (Å²) in [5, 5.41) is 3.34. The SMILES string of the molecule is O=C(c1cc(F)c(F)c(F)c1)N1CC[C@@H]2CNC[C@@H]2CC1. The molecule has 0 radical (unpaired) electrons. The van der Waals surface area contributed by atoms with Crippen LogP contribution in [0.15, 0.2) is 12.1 Å². The lowest BCUT2D eigenvalue weighted by atomic mass is 9.92. The number of nitrogens with zero attached hydrogens (tertiary/aromatic N) is 1. The van der Waals surface area contributed by atoms with E-state index in [1.165, 1.54) is 0 Å². The monoisotopic (exact) mass is 298 g/mol. The minimum atomic E-state index is -1.54. The predicted octanol–water partition coefficient (Wildman–Crippen LogP) is 2.18. The van der Waals surface area contributed by atoms with E-state index >= 15 is 0 Å². The number of halogens is 3. The summed E-state index contributed by atoms with van der Waals surface area (Å²) >= 11 is 0. The van der Waals surface area contributed by atoms with Crippen LogP contribution in [0, 0.1) is 29.3 Å². The number of benzene rings is 1. The van der Waals surface area contributed by atoms with Crippen LogP contribution in [0.5, 0.6) is 0 Å². The summed E-state index contributed by atoms with van der Waals surface area (Å²) in [6.45, 7) is 3.07. The normalized spacial score (nSPS) is 25.6. The van der Waals surface area contributed by atoms with E-state index < -0.39 is 23.4 Å². The Labute approximate surface area is 121 Å². The number of amides is 1. The van der Waals surface area contributed by atoms with E-state index in [0.717, 1.165) is 38.1 Å². The molecular formula is C15H17F3N2O. The van der Waals surface area contributed by atoms with Crippen LogP contribution in [0.25, 0.3) is 0 Å². The molecule has 1 amide bonds. The Morgan fingerprint density at radius 3 is 2.10 bits per heavy atom. The van der Waals surface area contributed by atoms with E-state index in [9.17, 15) is 18.0 Å². The second-order valence-electron chi connectivity index (χ2n) is 5.80. The fourth-order valence-corrected chi connectivity index (χ4v) is 3.28. The number of carbonyl (C=O) groups is 1. The third-order valence-electron chi connectivity index (χ3n) is 4.54. The van der Waals surface area contributed by atoms with Gasteiger partial charge in [0.25, 0.3) is 5.91 Å². The van der Waals surface area contributed by atoms with Crippen molar-refractivity contribution in [3.05, 3.63) is 35.1 Å². The average molecular weight is 298 g/mol. The molecule has 2 heterocycles. The highest BCUT2D eigenvalue weighted by Crippen LogP contribution is 2.28. The number of hydrogen-bond donors (Lipinski definition) is 1. The molecule has 1 N–H and O–H groups in total. The molecule has 2 fully saturated rings. The van der Waals surface area contributed by atoms with Gasteiger partial charge in [0.1, 0.15) is 0 Å². The number of likely N-dealkylation sites (tertiary alicyclic amines) is 1. The van der Waals surface area contributed by atoms with Gasteiger partial charge < -0.3 is 10.2 Å². The van der Waals surface area contributed by atoms with Crippen molar-refractivity contribution in [2.24, 2.45) is 11.8 Å². The van der Waals surface area contributed by atoms with E-state index in [1.807, 2.05) is 0 Å². The first kappa shape index (κ1) is 14.4. The molecule has 1 aromatic rings. The van der Waals surface area contributed by atoms with E-state index in [4.69, 9.17) is 0 Å². The first-order valence-corrected chi connectivity index (χ1v) is 7.21. The predicted molar refractivity (Wildman–Crippen MR) is 71.3 cm³/mol. The molecule has 0 aliphatic carbocycles. The summed E-state index contributed by atoms with van der Waals surface area (Å²) in [7, 11) is 0. The molecule has 21 heavy (non-hydrogen) atoms. The number of hydrogen-bond acceptors (Lipinski definition) is 2. The molecule has 114 valence electrons. The lowest BCUT2D eigenvalue weighted by Gasteiger charge is -2.21. The van der Waals surface area contributed by atoms with Crippen LogP contribution < -0.4 is 5.32 Å². The number of rotatable bonds is 1. The van der Waals surface area contributed by atoms with Gasteiger partial charge in [-0.2, -0.15) is 0 Å².